The molecule has 0 radical (unpaired) electrons. The predicted octanol–water partition coefficient (Wildman–Crippen LogP) is 2.32. The third-order valence-corrected chi connectivity index (χ3v) is 4.84. The molecule has 0 fully saturated rings. The van der Waals surface area contributed by atoms with Crippen LogP contribution in [-0.2, 0) is 42.7 Å². The molecule has 0 aromatic rings. The normalized spacial score (nSPS) is 12.1. The highest BCUT2D eigenvalue weighted by atomic mass is 16.7. The van der Waals surface area contributed by atoms with Crippen molar-refractivity contribution >= 4 is 23.9 Å². The van der Waals surface area contributed by atoms with E-state index in [9.17, 15) is 19.2 Å². The average Bonchev–Trinajstić information content (AvgIpc) is 2.72. The minimum atomic E-state index is -1.42. The summed E-state index contributed by atoms with van der Waals surface area (Å²) >= 11 is 0. The molecule has 0 amide bonds. The fourth-order valence-electron chi connectivity index (χ4n) is 2.42. The summed E-state index contributed by atoms with van der Waals surface area (Å²) in [6.45, 7) is 7.44. The van der Waals surface area contributed by atoms with Gasteiger partial charge < -0.3 is 33.2 Å². The summed E-state index contributed by atoms with van der Waals surface area (Å²) in [5.41, 5.74) is -3.48. The number of methoxy groups -OCH3 is 3. The van der Waals surface area contributed by atoms with Gasteiger partial charge in [-0.2, -0.15) is 0 Å². The van der Waals surface area contributed by atoms with Crippen molar-refractivity contribution in [3.63, 3.8) is 0 Å². The maximum atomic E-state index is 12.4. The van der Waals surface area contributed by atoms with Gasteiger partial charge in [0.25, 0.3) is 0 Å². The lowest BCUT2D eigenvalue weighted by molar-refractivity contribution is -0.147. The highest BCUT2D eigenvalue weighted by Gasteiger charge is 2.36. The van der Waals surface area contributed by atoms with E-state index in [1.54, 1.807) is 0 Å². The van der Waals surface area contributed by atoms with Gasteiger partial charge >= 0.3 is 12.3 Å². The van der Waals surface area contributed by atoms with Crippen molar-refractivity contribution in [1.29, 1.82) is 0 Å². The maximum Gasteiger partial charge on any atom is 0.508 e. The van der Waals surface area contributed by atoms with E-state index >= 15 is 0 Å². The molecule has 0 saturated heterocycles. The molecule has 0 rings (SSSR count). The van der Waals surface area contributed by atoms with Crippen LogP contribution in [0.3, 0.4) is 0 Å². The van der Waals surface area contributed by atoms with Gasteiger partial charge in [0.1, 0.15) is 13.2 Å². The van der Waals surface area contributed by atoms with Crippen LogP contribution in [0.25, 0.3) is 0 Å². The number of carbonyl (C=O) groups is 4. The first-order chi connectivity index (χ1) is 14.8. The Morgan fingerprint density at radius 2 is 1.03 bits per heavy atom. The molecule has 0 spiro atoms. The minimum absolute atomic E-state index is 0.0909. The molecule has 0 saturated carbocycles. The van der Waals surface area contributed by atoms with Crippen molar-refractivity contribution in [1.82, 2.24) is 0 Å². The maximum absolute atomic E-state index is 12.4. The summed E-state index contributed by atoms with van der Waals surface area (Å²) < 4.78 is 35.2. The summed E-state index contributed by atoms with van der Waals surface area (Å²) in [4.78, 5) is 47.3. The van der Waals surface area contributed by atoms with Crippen LogP contribution in [0, 0.1) is 5.41 Å². The Labute approximate surface area is 188 Å². The fraction of sp³-hybridized carbons (Fsp3) is 0.810. The Hall–Kier alpha value is -2.24. The van der Waals surface area contributed by atoms with Gasteiger partial charge in [0.2, 0.25) is 11.6 Å². The zero-order chi connectivity index (χ0) is 25.0. The number of Topliss-reactive ketones (excluding diaryl/α,β-unsaturated/α-hetero) is 2. The molecule has 0 atom stereocenters. The highest BCUT2D eigenvalue weighted by Crippen LogP contribution is 2.25. The predicted molar refractivity (Wildman–Crippen MR) is 111 cm³/mol. The molecule has 0 aliphatic carbocycles. The van der Waals surface area contributed by atoms with E-state index in [4.69, 9.17) is 23.7 Å². The van der Waals surface area contributed by atoms with Crippen molar-refractivity contribution in [3.8, 4) is 0 Å². The first-order valence-corrected chi connectivity index (χ1v) is 10.0. The number of hydrogen-bond donors (Lipinski definition) is 0. The summed E-state index contributed by atoms with van der Waals surface area (Å²) in [7, 11) is 3.81. The van der Waals surface area contributed by atoms with E-state index in [2.05, 4.69) is 9.47 Å². The molecule has 0 aliphatic heterocycles. The van der Waals surface area contributed by atoms with Crippen LogP contribution < -0.4 is 0 Å². The quantitative estimate of drug-likeness (QED) is 0.331. The largest absolute Gasteiger partial charge is 0.508 e. The van der Waals surface area contributed by atoms with Crippen molar-refractivity contribution in [2.75, 3.05) is 54.4 Å². The van der Waals surface area contributed by atoms with Crippen LogP contribution in [-0.4, -0.2) is 89.4 Å². The molecular weight excluding hydrogens is 428 g/mol. The molecule has 0 N–H and O–H groups in total. The Balaban J connectivity index is 4.89. The van der Waals surface area contributed by atoms with Crippen LogP contribution in [0.4, 0.5) is 9.59 Å². The summed E-state index contributed by atoms with van der Waals surface area (Å²) in [6, 6.07) is 0. The minimum Gasteiger partial charge on any atom is -0.438 e. The van der Waals surface area contributed by atoms with Gasteiger partial charge in [-0.25, -0.2) is 9.59 Å². The summed E-state index contributed by atoms with van der Waals surface area (Å²) in [5, 5.41) is 0. The average molecular weight is 465 g/mol. The van der Waals surface area contributed by atoms with Crippen molar-refractivity contribution < 1.29 is 52.3 Å². The first-order valence-electron chi connectivity index (χ1n) is 10.0. The Bertz CT molecular complexity index is 592. The standard InChI is InChI=1S/C21H36O11/c1-9-21(12-26-6,13-29-10-15(22)19(2,3)31-17(24)27-7)14-30-11-16(23)20(4,5)32-18(25)28-8/h9-14H2,1-8H3. The number of ether oxygens (including phenoxy) is 7. The molecule has 0 bridgehead atoms. The van der Waals surface area contributed by atoms with E-state index in [-0.39, 0.29) is 33.0 Å². The molecular formula is C21H36O11. The van der Waals surface area contributed by atoms with E-state index in [0.717, 1.165) is 14.2 Å². The molecule has 0 unspecified atom stereocenters. The molecule has 11 heteroatoms. The number of ketones is 2. The Morgan fingerprint density at radius 3 is 1.31 bits per heavy atom. The Morgan fingerprint density at radius 1 is 0.656 bits per heavy atom. The van der Waals surface area contributed by atoms with Crippen molar-refractivity contribution in [2.45, 2.75) is 52.2 Å². The Kier molecular flexibility index (Phi) is 12.4. The molecule has 32 heavy (non-hydrogen) atoms. The van der Waals surface area contributed by atoms with Gasteiger partial charge in [-0.15, -0.1) is 0 Å². The second kappa shape index (κ2) is 13.3. The van der Waals surface area contributed by atoms with Gasteiger partial charge in [-0.3, -0.25) is 9.59 Å². The van der Waals surface area contributed by atoms with Crippen LogP contribution in [0.2, 0.25) is 0 Å². The molecule has 11 nitrogen and oxygen atoms in total. The number of rotatable bonds is 15. The van der Waals surface area contributed by atoms with Gasteiger partial charge in [-0.05, 0) is 34.1 Å². The number of hydrogen-bond acceptors (Lipinski definition) is 11. The lowest BCUT2D eigenvalue weighted by Gasteiger charge is -2.32. The first kappa shape index (κ1) is 29.8. The van der Waals surface area contributed by atoms with Crippen LogP contribution in [0.1, 0.15) is 41.0 Å². The smallest absolute Gasteiger partial charge is 0.438 e. The van der Waals surface area contributed by atoms with E-state index in [0.29, 0.717) is 6.42 Å². The second-order valence-corrected chi connectivity index (χ2v) is 8.25. The van der Waals surface area contributed by atoms with Crippen LogP contribution >= 0.6 is 0 Å². The van der Waals surface area contributed by atoms with Crippen LogP contribution in [0.15, 0.2) is 0 Å². The monoisotopic (exact) mass is 464 g/mol. The second-order valence-electron chi connectivity index (χ2n) is 8.25. The van der Waals surface area contributed by atoms with Gasteiger partial charge in [-0.1, -0.05) is 6.92 Å². The lowest BCUT2D eigenvalue weighted by Crippen LogP contribution is -2.43. The van der Waals surface area contributed by atoms with Crippen molar-refractivity contribution in [2.24, 2.45) is 5.41 Å². The zero-order valence-corrected chi connectivity index (χ0v) is 20.2. The van der Waals surface area contributed by atoms with Gasteiger partial charge in [0.05, 0.1) is 34.0 Å². The number of carbonyl (C=O) groups excluding carboxylic acids is 4. The molecule has 0 aromatic carbocycles. The van der Waals surface area contributed by atoms with E-state index in [1.807, 2.05) is 6.92 Å². The zero-order valence-electron chi connectivity index (χ0n) is 20.2. The SMILES string of the molecule is CCC(COC)(COCC(=O)C(C)(C)OC(=O)OC)COCC(=O)C(C)(C)OC(=O)OC. The van der Waals surface area contributed by atoms with E-state index < -0.39 is 40.5 Å². The lowest BCUT2D eigenvalue weighted by atomic mass is 9.88. The molecule has 0 aliphatic rings. The fourth-order valence-corrected chi connectivity index (χ4v) is 2.42. The highest BCUT2D eigenvalue weighted by molar-refractivity contribution is 5.89. The van der Waals surface area contributed by atoms with E-state index in [1.165, 1.54) is 34.8 Å². The van der Waals surface area contributed by atoms with Crippen LogP contribution in [0.5, 0.6) is 0 Å². The molecule has 0 aromatic heterocycles. The molecule has 186 valence electrons. The summed E-state index contributed by atoms with van der Waals surface area (Å²) in [6.07, 6.45) is -1.38. The molecule has 0 heterocycles. The van der Waals surface area contributed by atoms with Gasteiger partial charge in [0.15, 0.2) is 11.2 Å². The van der Waals surface area contributed by atoms with Gasteiger partial charge in [0, 0.05) is 12.5 Å². The third kappa shape index (κ3) is 9.92. The summed E-state index contributed by atoms with van der Waals surface area (Å²) in [5.74, 6) is -0.911. The third-order valence-electron chi connectivity index (χ3n) is 4.84. The topological polar surface area (TPSA) is 133 Å². The van der Waals surface area contributed by atoms with Crippen molar-refractivity contribution in [3.05, 3.63) is 0 Å².